The zero-order valence-corrected chi connectivity index (χ0v) is 17.6. The quantitative estimate of drug-likeness (QED) is 0.233. The first-order valence-electron chi connectivity index (χ1n) is 8.66. The van der Waals surface area contributed by atoms with Gasteiger partial charge in [-0.15, -0.1) is 0 Å². The Hall–Kier alpha value is -1.60. The third kappa shape index (κ3) is 5.23. The molecular weight excluding hydrogens is 462 g/mol. The van der Waals surface area contributed by atoms with E-state index in [4.69, 9.17) is 23.7 Å². The van der Waals surface area contributed by atoms with E-state index in [9.17, 15) is 9.59 Å². The molecule has 144 valence electrons. The normalized spacial score (nSPS) is 19.6. The number of carbonyl (C=O) groups is 2. The Morgan fingerprint density at radius 2 is 2.33 bits per heavy atom. The van der Waals surface area contributed by atoms with Crippen LogP contribution < -0.4 is 3.07 Å². The Kier molecular flexibility index (Phi) is 8.11. The van der Waals surface area contributed by atoms with E-state index >= 15 is 0 Å². The summed E-state index contributed by atoms with van der Waals surface area (Å²) in [6, 6.07) is 0. The van der Waals surface area contributed by atoms with Crippen molar-refractivity contribution in [3.63, 3.8) is 0 Å². The van der Waals surface area contributed by atoms with Gasteiger partial charge in [0.2, 0.25) is 0 Å². The molecule has 27 heavy (non-hydrogen) atoms. The Morgan fingerprint density at radius 3 is 2.93 bits per heavy atom. The number of rotatable bonds is 9. The van der Waals surface area contributed by atoms with Crippen molar-refractivity contribution in [2.45, 2.75) is 51.9 Å². The first-order valence-corrected chi connectivity index (χ1v) is 9.54. The Labute approximate surface area is 174 Å². The monoisotopic (exact) mass is 484 g/mol. The second-order valence-corrected chi connectivity index (χ2v) is 7.11. The molecule has 0 aromatic carbocycles. The molecule has 6 nitrogen and oxygen atoms in total. The van der Waals surface area contributed by atoms with Gasteiger partial charge < -0.3 is 0 Å². The second-order valence-electron chi connectivity index (χ2n) is 6.67. The van der Waals surface area contributed by atoms with Crippen LogP contribution in [0.5, 0.6) is 5.75 Å². The van der Waals surface area contributed by atoms with Gasteiger partial charge in [0.05, 0.1) is 0 Å². The van der Waals surface area contributed by atoms with Crippen LogP contribution >= 0.6 is 23.0 Å². The fourth-order valence-corrected chi connectivity index (χ4v) is 3.91. The number of halogens is 1. The third-order valence-corrected chi connectivity index (χ3v) is 5.33. The van der Waals surface area contributed by atoms with Crippen molar-refractivity contribution in [1.29, 1.82) is 0 Å². The molecule has 0 N–H and O–H groups in total. The molecular formula is C19H22BIO6. The Balaban J connectivity index is 2.17. The molecule has 1 aromatic rings. The maximum atomic E-state index is 12.7. The summed E-state index contributed by atoms with van der Waals surface area (Å²) in [7, 11) is 0. The van der Waals surface area contributed by atoms with Crippen LogP contribution in [-0.2, 0) is 37.0 Å². The van der Waals surface area contributed by atoms with Crippen molar-refractivity contribution < 1.29 is 26.9 Å². The number of ether oxygens (including phenoxy) is 3. The van der Waals surface area contributed by atoms with Gasteiger partial charge in [-0.05, 0) is 0 Å². The van der Waals surface area contributed by atoms with Crippen LogP contribution in [0.15, 0.2) is 5.96 Å². The zero-order valence-electron chi connectivity index (χ0n) is 15.5. The zero-order chi connectivity index (χ0) is 19.9. The first-order chi connectivity index (χ1) is 13.0. The standard InChI is InChI=1S/C19H22BIO6/c1-4-6-16(19(3)7-5-8-26-19)18(23)25-10-14-9-20-13(2)17(27-21)15(14)11-24-12-22/h1,9,12,16H,5-8,10-11H2,2-3H3. The van der Waals surface area contributed by atoms with Gasteiger partial charge in [-0.3, -0.25) is 0 Å². The SMILES string of the molecule is C#CCC(C(=O)OCc1cbc(C)c(OI)c1COC=O)C1(C)CCCO1. The van der Waals surface area contributed by atoms with Crippen molar-refractivity contribution in [2.24, 2.45) is 5.92 Å². The summed E-state index contributed by atoms with van der Waals surface area (Å²) >= 11 is 1.77. The molecule has 1 aliphatic rings. The van der Waals surface area contributed by atoms with Crippen molar-refractivity contribution in [2.75, 3.05) is 6.61 Å². The van der Waals surface area contributed by atoms with Crippen molar-refractivity contribution in [3.05, 3.63) is 22.5 Å². The molecule has 2 heterocycles. The van der Waals surface area contributed by atoms with Gasteiger partial charge in [0.15, 0.2) is 0 Å². The predicted molar refractivity (Wildman–Crippen MR) is 108 cm³/mol. The third-order valence-electron chi connectivity index (χ3n) is 4.89. The van der Waals surface area contributed by atoms with Crippen molar-refractivity contribution in [3.8, 4) is 18.1 Å². The molecule has 8 heteroatoms. The summed E-state index contributed by atoms with van der Waals surface area (Å²) in [5.74, 6) is 4.06. The fourth-order valence-electron chi connectivity index (χ4n) is 3.30. The summed E-state index contributed by atoms with van der Waals surface area (Å²) in [6.45, 7) is 6.70. The molecule has 0 spiro atoms. The minimum absolute atomic E-state index is 0.0286. The molecule has 2 unspecified atom stereocenters. The van der Waals surface area contributed by atoms with Gasteiger partial charge in [0.1, 0.15) is 0 Å². The summed E-state index contributed by atoms with van der Waals surface area (Å²) in [5.41, 5.74) is 1.66. The summed E-state index contributed by atoms with van der Waals surface area (Å²) in [4.78, 5) is 23.3. The van der Waals surface area contributed by atoms with Gasteiger partial charge in [0, 0.05) is 0 Å². The average Bonchev–Trinajstić information content (AvgIpc) is 3.10. The molecule has 0 amide bonds. The molecule has 2 rings (SSSR count). The number of hydrogen-bond acceptors (Lipinski definition) is 6. The maximum absolute atomic E-state index is 12.7. The molecule has 1 aliphatic heterocycles. The Bertz CT molecular complexity index is 724. The number of hydrogen-bond donors (Lipinski definition) is 0. The number of esters is 1. The summed E-state index contributed by atoms with van der Waals surface area (Å²) < 4.78 is 21.6. The van der Waals surface area contributed by atoms with E-state index in [0.717, 1.165) is 18.3 Å². The van der Waals surface area contributed by atoms with Crippen molar-refractivity contribution in [1.82, 2.24) is 0 Å². The van der Waals surface area contributed by atoms with Gasteiger partial charge in [-0.1, -0.05) is 0 Å². The molecule has 0 saturated carbocycles. The van der Waals surface area contributed by atoms with E-state index < -0.39 is 17.5 Å². The number of carbonyl (C=O) groups excluding carboxylic acids is 2. The van der Waals surface area contributed by atoms with Gasteiger partial charge in [-0.25, -0.2) is 0 Å². The van der Waals surface area contributed by atoms with Crippen LogP contribution in [-0.4, -0.2) is 31.6 Å². The molecule has 0 radical (unpaired) electrons. The van der Waals surface area contributed by atoms with Crippen LogP contribution in [0.3, 0.4) is 0 Å². The summed E-state index contributed by atoms with van der Waals surface area (Å²) in [5, 5.41) is 0. The van der Waals surface area contributed by atoms with Crippen LogP contribution in [0.1, 0.15) is 42.8 Å². The fraction of sp³-hybridized carbons (Fsp3) is 0.526. The van der Waals surface area contributed by atoms with Crippen LogP contribution in [0.2, 0.25) is 0 Å². The van der Waals surface area contributed by atoms with E-state index in [2.05, 4.69) is 5.92 Å². The van der Waals surface area contributed by atoms with E-state index in [1.807, 2.05) is 26.7 Å². The molecule has 0 bridgehead atoms. The van der Waals surface area contributed by atoms with Crippen LogP contribution in [0.25, 0.3) is 0 Å². The topological polar surface area (TPSA) is 71.1 Å². The second kappa shape index (κ2) is 10.1. The first kappa shape index (κ1) is 21.7. The summed E-state index contributed by atoms with van der Waals surface area (Å²) in [6.07, 6.45) is 7.37. The molecule has 1 aromatic heterocycles. The number of terminal acetylenes is 1. The molecule has 2 atom stereocenters. The van der Waals surface area contributed by atoms with Crippen LogP contribution in [0.4, 0.5) is 0 Å². The van der Waals surface area contributed by atoms with Gasteiger partial charge in [0.25, 0.3) is 0 Å². The van der Waals surface area contributed by atoms with E-state index in [1.165, 1.54) is 0 Å². The molecule has 1 fully saturated rings. The molecule has 0 aliphatic carbocycles. The van der Waals surface area contributed by atoms with Crippen molar-refractivity contribution >= 4 is 42.4 Å². The van der Waals surface area contributed by atoms with Crippen LogP contribution in [0, 0.1) is 25.2 Å². The van der Waals surface area contributed by atoms with Gasteiger partial charge >= 0.3 is 174 Å². The Morgan fingerprint density at radius 1 is 1.56 bits per heavy atom. The molecule has 1 saturated heterocycles. The predicted octanol–water partition coefficient (Wildman–Crippen LogP) is 2.99. The minimum atomic E-state index is -0.601. The van der Waals surface area contributed by atoms with E-state index in [1.54, 1.807) is 23.0 Å². The van der Waals surface area contributed by atoms with Gasteiger partial charge in [-0.2, -0.15) is 0 Å². The van der Waals surface area contributed by atoms with E-state index in [0.29, 0.717) is 30.0 Å². The number of aryl methyl sites for hydroxylation is 1. The average molecular weight is 484 g/mol. The van der Waals surface area contributed by atoms with E-state index in [-0.39, 0.29) is 19.6 Å².